The second kappa shape index (κ2) is 9.67. The molecule has 2 amide bonds. The largest absolute Gasteiger partial charge is 0.416 e. The molecular weight excluding hydrogens is 523 g/mol. The Hall–Kier alpha value is -3.06. The van der Waals surface area contributed by atoms with Gasteiger partial charge in [-0.15, -0.1) is 0 Å². The van der Waals surface area contributed by atoms with Crippen LogP contribution in [0.3, 0.4) is 0 Å². The molecule has 0 aliphatic carbocycles. The van der Waals surface area contributed by atoms with E-state index in [0.717, 1.165) is 12.3 Å². The number of ether oxygens (including phenoxy) is 1. The van der Waals surface area contributed by atoms with Crippen LogP contribution in [0.15, 0.2) is 47.4 Å². The molecule has 37 heavy (non-hydrogen) atoms. The fourth-order valence-electron chi connectivity index (χ4n) is 4.43. The number of carbonyl (C=O) groups excluding carboxylic acids is 2. The molecule has 2 aromatic carbocycles. The molecule has 7 nitrogen and oxygen atoms in total. The van der Waals surface area contributed by atoms with E-state index in [0.29, 0.717) is 12.5 Å². The summed E-state index contributed by atoms with van der Waals surface area (Å²) in [5, 5.41) is 2.38. The summed E-state index contributed by atoms with van der Waals surface area (Å²) in [4.78, 5) is 27.5. The van der Waals surface area contributed by atoms with E-state index in [2.05, 4.69) is 5.32 Å². The molecule has 1 N–H and O–H groups in total. The molecule has 0 unspecified atom stereocenters. The van der Waals surface area contributed by atoms with Gasteiger partial charge < -0.3 is 15.0 Å². The van der Waals surface area contributed by atoms with Gasteiger partial charge in [0.1, 0.15) is 11.9 Å². The smallest absolute Gasteiger partial charge is 0.374 e. The summed E-state index contributed by atoms with van der Waals surface area (Å²) in [5.41, 5.74) is -3.99. The van der Waals surface area contributed by atoms with Gasteiger partial charge >= 0.3 is 6.18 Å². The second-order valence-corrected chi connectivity index (χ2v) is 11.2. The number of rotatable bonds is 6. The highest BCUT2D eigenvalue weighted by molar-refractivity contribution is 7.90. The van der Waals surface area contributed by atoms with E-state index in [1.165, 1.54) is 29.2 Å². The van der Waals surface area contributed by atoms with Crippen molar-refractivity contribution in [3.63, 3.8) is 0 Å². The zero-order valence-electron chi connectivity index (χ0n) is 19.5. The van der Waals surface area contributed by atoms with Gasteiger partial charge in [0, 0.05) is 23.9 Å². The number of hydrogen-bond donors (Lipinski definition) is 1. The van der Waals surface area contributed by atoms with Gasteiger partial charge in [0.15, 0.2) is 15.5 Å². The lowest BCUT2D eigenvalue weighted by Gasteiger charge is -2.41. The van der Waals surface area contributed by atoms with Crippen molar-refractivity contribution in [1.82, 2.24) is 10.2 Å². The first-order chi connectivity index (χ1) is 17.2. The van der Waals surface area contributed by atoms with Crippen molar-refractivity contribution in [3.8, 4) is 0 Å². The first-order valence-corrected chi connectivity index (χ1v) is 13.1. The summed E-state index contributed by atoms with van der Waals surface area (Å²) in [7, 11) is -3.60. The Kier molecular flexibility index (Phi) is 7.06. The molecule has 4 rings (SSSR count). The van der Waals surface area contributed by atoms with Crippen LogP contribution in [0.25, 0.3) is 0 Å². The van der Waals surface area contributed by atoms with Crippen LogP contribution in [0.1, 0.15) is 40.4 Å². The highest BCUT2D eigenvalue weighted by Gasteiger charge is 2.50. The molecule has 2 aliphatic heterocycles. The molecular formula is C24H23F5N2O5S. The van der Waals surface area contributed by atoms with Gasteiger partial charge in [-0.05, 0) is 43.2 Å². The Bertz CT molecular complexity index is 1330. The van der Waals surface area contributed by atoms with Crippen LogP contribution in [-0.2, 0) is 25.5 Å². The monoisotopic (exact) mass is 546 g/mol. The number of carbonyl (C=O) groups is 2. The van der Waals surface area contributed by atoms with E-state index in [1.54, 1.807) is 0 Å². The van der Waals surface area contributed by atoms with E-state index in [4.69, 9.17) is 4.74 Å². The third-order valence-corrected chi connectivity index (χ3v) is 7.56. The number of likely N-dealkylation sites (tertiary alicyclic amines) is 1. The maximum absolute atomic E-state index is 15.4. The number of nitrogens with one attached hydrogen (secondary N) is 1. The Labute approximate surface area is 209 Å². The van der Waals surface area contributed by atoms with Crippen LogP contribution >= 0.6 is 0 Å². The summed E-state index contributed by atoms with van der Waals surface area (Å²) in [5.74, 6) is -2.79. The third kappa shape index (κ3) is 5.47. The van der Waals surface area contributed by atoms with E-state index in [1.807, 2.05) is 0 Å². The minimum atomic E-state index is -4.82. The van der Waals surface area contributed by atoms with E-state index in [-0.39, 0.29) is 29.5 Å². The number of sulfone groups is 1. The van der Waals surface area contributed by atoms with Crippen LogP contribution in [0.2, 0.25) is 0 Å². The SMILES string of the molecule is CS(=O)(=O)c1cccc(C(=O)N2CCC[C@@H]2C(=O)N[C@@H](c2ccc(C(F)(F)F)cc2F)C2(F)COC2)c1. The van der Waals surface area contributed by atoms with Gasteiger partial charge in [-0.1, -0.05) is 12.1 Å². The number of nitrogens with zero attached hydrogens (tertiary/aromatic N) is 1. The van der Waals surface area contributed by atoms with Crippen LogP contribution in [0, 0.1) is 5.82 Å². The molecule has 13 heteroatoms. The second-order valence-electron chi connectivity index (χ2n) is 9.16. The molecule has 2 aromatic rings. The molecule has 0 spiro atoms. The normalized spacial score (nSPS) is 20.3. The van der Waals surface area contributed by atoms with E-state index >= 15 is 4.39 Å². The lowest BCUT2D eigenvalue weighted by molar-refractivity contribution is -0.155. The van der Waals surface area contributed by atoms with Gasteiger partial charge in [-0.3, -0.25) is 9.59 Å². The van der Waals surface area contributed by atoms with Crippen molar-refractivity contribution < 1.29 is 44.7 Å². The average Bonchev–Trinajstić information content (AvgIpc) is 3.30. The quantitative estimate of drug-likeness (QED) is 0.561. The minimum absolute atomic E-state index is 0.0299. The lowest BCUT2D eigenvalue weighted by Crippen LogP contribution is -2.58. The molecule has 2 heterocycles. The van der Waals surface area contributed by atoms with E-state index in [9.17, 15) is 35.6 Å². The predicted octanol–water partition coefficient (Wildman–Crippen LogP) is 3.45. The van der Waals surface area contributed by atoms with Crippen molar-refractivity contribution in [2.75, 3.05) is 26.0 Å². The Morgan fingerprint density at radius 3 is 2.43 bits per heavy atom. The van der Waals surface area contributed by atoms with Gasteiger partial charge in [-0.2, -0.15) is 13.2 Å². The number of alkyl halides is 4. The maximum atomic E-state index is 15.4. The predicted molar refractivity (Wildman–Crippen MR) is 121 cm³/mol. The first-order valence-electron chi connectivity index (χ1n) is 11.3. The fourth-order valence-corrected chi connectivity index (χ4v) is 5.10. The molecule has 0 bridgehead atoms. The molecule has 2 fully saturated rings. The van der Waals surface area contributed by atoms with Crippen LogP contribution in [0.5, 0.6) is 0 Å². The van der Waals surface area contributed by atoms with Crippen molar-refractivity contribution in [2.24, 2.45) is 0 Å². The Morgan fingerprint density at radius 2 is 1.86 bits per heavy atom. The zero-order chi connectivity index (χ0) is 27.2. The van der Waals surface area contributed by atoms with Crippen molar-refractivity contribution in [3.05, 3.63) is 65.0 Å². The lowest BCUT2D eigenvalue weighted by atomic mass is 9.87. The molecule has 0 radical (unpaired) electrons. The average molecular weight is 547 g/mol. The molecule has 2 aliphatic rings. The summed E-state index contributed by atoms with van der Waals surface area (Å²) in [6.07, 6.45) is -3.22. The number of hydrogen-bond acceptors (Lipinski definition) is 5. The molecule has 200 valence electrons. The standard InChI is InChI=1S/C24H23F5N2O5S/c1-37(34,35)16-5-2-4-14(10-16)22(33)31-9-3-6-19(31)21(32)30-20(23(26)12-36-13-23)17-8-7-15(11-18(17)25)24(27,28)29/h2,4-5,7-8,10-11,19-20H,3,6,9,12-13H2,1H3,(H,30,32)/t19-,20+/m1/s1. The zero-order valence-corrected chi connectivity index (χ0v) is 20.3. The van der Waals surface area contributed by atoms with Gasteiger partial charge in [0.05, 0.1) is 29.7 Å². The van der Waals surface area contributed by atoms with E-state index < -0.39 is 75.7 Å². The summed E-state index contributed by atoms with van der Waals surface area (Å²) in [6.45, 7) is -0.864. The van der Waals surface area contributed by atoms with Gasteiger partial charge in [0.2, 0.25) is 5.91 Å². The molecule has 0 aromatic heterocycles. The van der Waals surface area contributed by atoms with Crippen molar-refractivity contribution >= 4 is 21.7 Å². The highest BCUT2D eigenvalue weighted by Crippen LogP contribution is 2.39. The number of amides is 2. The number of halogens is 5. The summed E-state index contributed by atoms with van der Waals surface area (Å²) in [6, 6.07) is 4.16. The third-order valence-electron chi connectivity index (χ3n) is 6.45. The van der Waals surface area contributed by atoms with Gasteiger partial charge in [0.25, 0.3) is 5.91 Å². The van der Waals surface area contributed by atoms with Crippen molar-refractivity contribution in [1.29, 1.82) is 0 Å². The minimum Gasteiger partial charge on any atom is -0.374 e. The summed E-state index contributed by atoms with van der Waals surface area (Å²) >= 11 is 0. The summed E-state index contributed by atoms with van der Waals surface area (Å²) < 4.78 is 97.7. The Balaban J connectivity index is 1.59. The number of benzene rings is 2. The van der Waals surface area contributed by atoms with Gasteiger partial charge in [-0.25, -0.2) is 17.2 Å². The first kappa shape index (κ1) is 27.0. The Morgan fingerprint density at radius 1 is 1.16 bits per heavy atom. The van der Waals surface area contributed by atoms with Crippen LogP contribution < -0.4 is 5.32 Å². The highest BCUT2D eigenvalue weighted by atomic mass is 32.2. The topological polar surface area (TPSA) is 92.8 Å². The van der Waals surface area contributed by atoms with Crippen LogP contribution in [-0.4, -0.2) is 62.9 Å². The maximum Gasteiger partial charge on any atom is 0.416 e. The van der Waals surface area contributed by atoms with Crippen molar-refractivity contribution in [2.45, 2.75) is 41.7 Å². The molecule has 2 saturated heterocycles. The van der Waals surface area contributed by atoms with Crippen LogP contribution in [0.4, 0.5) is 22.0 Å². The fraction of sp³-hybridized carbons (Fsp3) is 0.417. The molecule has 2 atom stereocenters. The molecule has 0 saturated carbocycles.